The van der Waals surface area contributed by atoms with E-state index >= 15 is 0 Å². The van der Waals surface area contributed by atoms with Crippen molar-refractivity contribution >= 4 is 17.5 Å². The largest absolute Gasteiger partial charge is 0.395 e. The molecule has 182 valence electrons. The van der Waals surface area contributed by atoms with Crippen LogP contribution in [0, 0.1) is 5.92 Å². The second-order valence-corrected chi connectivity index (χ2v) is 8.49. The Morgan fingerprint density at radius 3 is 2.59 bits per heavy atom. The molecule has 0 unspecified atom stereocenters. The van der Waals surface area contributed by atoms with E-state index in [9.17, 15) is 14.7 Å². The maximum absolute atomic E-state index is 12.7. The van der Waals surface area contributed by atoms with Crippen molar-refractivity contribution in [2.45, 2.75) is 26.0 Å². The molecule has 1 heterocycles. The van der Waals surface area contributed by atoms with Gasteiger partial charge in [0.25, 0.3) is 0 Å². The predicted molar refractivity (Wildman–Crippen MR) is 133 cm³/mol. The summed E-state index contributed by atoms with van der Waals surface area (Å²) in [4.78, 5) is 28.3. The summed E-state index contributed by atoms with van der Waals surface area (Å²) in [6, 6.07) is 17.7. The number of ether oxygens (including phenoxy) is 1. The quantitative estimate of drug-likeness (QED) is 0.499. The molecule has 0 spiro atoms. The molecular weight excluding hydrogens is 430 g/mol. The van der Waals surface area contributed by atoms with E-state index in [2.05, 4.69) is 12.2 Å². The second-order valence-electron chi connectivity index (χ2n) is 8.49. The summed E-state index contributed by atoms with van der Waals surface area (Å²) >= 11 is 0. The van der Waals surface area contributed by atoms with Gasteiger partial charge in [-0.25, -0.2) is 0 Å². The number of aliphatic hydroxyl groups excluding tert-OH is 1. The Morgan fingerprint density at radius 1 is 1.21 bits per heavy atom. The number of benzene rings is 2. The van der Waals surface area contributed by atoms with Crippen LogP contribution in [0.1, 0.15) is 30.6 Å². The number of anilines is 1. The van der Waals surface area contributed by atoms with Gasteiger partial charge in [0.05, 0.1) is 19.3 Å². The van der Waals surface area contributed by atoms with Crippen molar-refractivity contribution in [3.8, 4) is 0 Å². The predicted octanol–water partition coefficient (Wildman–Crippen LogP) is 2.91. The van der Waals surface area contributed by atoms with Crippen LogP contribution in [0.4, 0.5) is 5.69 Å². The number of hydrogen-bond acceptors (Lipinski definition) is 5. The van der Waals surface area contributed by atoms with E-state index in [-0.39, 0.29) is 36.9 Å². The smallest absolute Gasteiger partial charge is 0.240 e. The van der Waals surface area contributed by atoms with Gasteiger partial charge in [0, 0.05) is 51.3 Å². The third kappa shape index (κ3) is 7.00. The van der Waals surface area contributed by atoms with Gasteiger partial charge in [-0.3, -0.25) is 9.59 Å². The number of nitrogens with one attached hydrogen (secondary N) is 1. The van der Waals surface area contributed by atoms with E-state index < -0.39 is 0 Å². The molecule has 7 nitrogen and oxygen atoms in total. The molecule has 2 aromatic rings. The summed E-state index contributed by atoms with van der Waals surface area (Å²) in [7, 11) is 1.68. The van der Waals surface area contributed by atoms with Crippen molar-refractivity contribution in [3.05, 3.63) is 77.9 Å². The van der Waals surface area contributed by atoms with Crippen LogP contribution in [0.3, 0.4) is 0 Å². The van der Waals surface area contributed by atoms with Crippen LogP contribution in [-0.2, 0) is 20.9 Å². The Hall–Kier alpha value is -3.00. The fourth-order valence-electron chi connectivity index (χ4n) is 4.21. The minimum absolute atomic E-state index is 0.0274. The lowest BCUT2D eigenvalue weighted by Gasteiger charge is -2.28. The van der Waals surface area contributed by atoms with Crippen molar-refractivity contribution in [2.24, 2.45) is 5.92 Å². The van der Waals surface area contributed by atoms with Gasteiger partial charge in [0.15, 0.2) is 0 Å². The van der Waals surface area contributed by atoms with Crippen LogP contribution in [0.2, 0.25) is 0 Å². The number of piperazine rings is 1. The van der Waals surface area contributed by atoms with Crippen LogP contribution < -0.4 is 10.2 Å². The zero-order valence-corrected chi connectivity index (χ0v) is 20.0. The van der Waals surface area contributed by atoms with E-state index in [1.54, 1.807) is 16.9 Å². The minimum atomic E-state index is -0.169. The SMILES string of the molecule is CO[C@H](c1ccc(N2CCNCC2=O)cc1)[C@H](C)/C=C/CC(=O)N(CCO)Cc1ccccc1. The maximum atomic E-state index is 12.7. The fraction of sp³-hybridized carbons (Fsp3) is 0.407. The Morgan fingerprint density at radius 2 is 1.94 bits per heavy atom. The summed E-state index contributed by atoms with van der Waals surface area (Å²) in [6.07, 6.45) is 3.97. The van der Waals surface area contributed by atoms with Crippen LogP contribution in [0.15, 0.2) is 66.7 Å². The first-order chi connectivity index (χ1) is 16.5. The fourth-order valence-corrected chi connectivity index (χ4v) is 4.21. The van der Waals surface area contributed by atoms with Crippen LogP contribution >= 0.6 is 0 Å². The second kappa shape index (κ2) is 13.0. The van der Waals surface area contributed by atoms with Gasteiger partial charge in [-0.05, 0) is 23.3 Å². The van der Waals surface area contributed by atoms with E-state index in [0.29, 0.717) is 26.2 Å². The van der Waals surface area contributed by atoms with Crippen molar-refractivity contribution in [2.75, 3.05) is 44.8 Å². The lowest BCUT2D eigenvalue weighted by Crippen LogP contribution is -2.48. The average molecular weight is 466 g/mol. The van der Waals surface area contributed by atoms with Gasteiger partial charge in [-0.1, -0.05) is 61.5 Å². The highest BCUT2D eigenvalue weighted by molar-refractivity contribution is 5.95. The molecule has 0 aliphatic carbocycles. The van der Waals surface area contributed by atoms with Crippen molar-refractivity contribution in [1.29, 1.82) is 0 Å². The summed E-state index contributed by atoms with van der Waals surface area (Å²) in [5.74, 6) is 0.0935. The topological polar surface area (TPSA) is 82.1 Å². The summed E-state index contributed by atoms with van der Waals surface area (Å²) in [5, 5.41) is 12.5. The Balaban J connectivity index is 1.58. The number of carbonyl (C=O) groups is 2. The maximum Gasteiger partial charge on any atom is 0.240 e. The van der Waals surface area contributed by atoms with Crippen LogP contribution in [0.5, 0.6) is 0 Å². The van der Waals surface area contributed by atoms with Gasteiger partial charge >= 0.3 is 0 Å². The van der Waals surface area contributed by atoms with E-state index in [1.165, 1.54) is 0 Å². The molecule has 2 aromatic carbocycles. The first-order valence-electron chi connectivity index (χ1n) is 11.8. The van der Waals surface area contributed by atoms with Gasteiger partial charge < -0.3 is 25.0 Å². The number of amides is 2. The molecule has 1 fully saturated rings. The first-order valence-corrected chi connectivity index (χ1v) is 11.8. The van der Waals surface area contributed by atoms with E-state index in [1.807, 2.05) is 66.7 Å². The molecule has 0 saturated carbocycles. The lowest BCUT2D eigenvalue weighted by atomic mass is 9.96. The number of rotatable bonds is 11. The minimum Gasteiger partial charge on any atom is -0.395 e. The molecule has 1 aliphatic heterocycles. The zero-order valence-electron chi connectivity index (χ0n) is 20.0. The zero-order chi connectivity index (χ0) is 24.3. The van der Waals surface area contributed by atoms with Crippen LogP contribution in [-0.4, -0.2) is 61.7 Å². The number of methoxy groups -OCH3 is 1. The van der Waals surface area contributed by atoms with Crippen molar-refractivity contribution in [1.82, 2.24) is 10.2 Å². The molecule has 0 aromatic heterocycles. The summed E-state index contributed by atoms with van der Waals surface area (Å²) < 4.78 is 5.76. The molecule has 0 bridgehead atoms. The van der Waals surface area contributed by atoms with Gasteiger partial charge in [0.2, 0.25) is 11.8 Å². The third-order valence-corrected chi connectivity index (χ3v) is 6.03. The first kappa shape index (κ1) is 25.6. The number of aliphatic hydroxyl groups is 1. The highest BCUT2D eigenvalue weighted by atomic mass is 16.5. The van der Waals surface area contributed by atoms with Gasteiger partial charge in [-0.15, -0.1) is 0 Å². The monoisotopic (exact) mass is 465 g/mol. The Bertz CT molecular complexity index is 946. The number of hydrogen-bond donors (Lipinski definition) is 2. The van der Waals surface area contributed by atoms with E-state index in [0.717, 1.165) is 23.4 Å². The summed E-state index contributed by atoms with van der Waals surface area (Å²) in [6.45, 7) is 4.58. The third-order valence-electron chi connectivity index (χ3n) is 6.03. The molecule has 34 heavy (non-hydrogen) atoms. The standard InChI is InChI=1S/C27H35N3O4/c1-21(7-6-10-25(32)29(17-18-31)20-22-8-4-3-5-9-22)27(34-2)23-11-13-24(14-12-23)30-16-15-28-19-26(30)33/h3-9,11-14,21,27-28,31H,10,15-20H2,1-2H3/b7-6+/t21-,27+/m1/s1. The molecule has 0 radical (unpaired) electrons. The molecule has 1 aliphatic rings. The van der Waals surface area contributed by atoms with E-state index in [4.69, 9.17) is 4.74 Å². The van der Waals surface area contributed by atoms with Gasteiger partial charge in [0.1, 0.15) is 0 Å². The molecule has 2 N–H and O–H groups in total. The molecule has 1 saturated heterocycles. The summed E-state index contributed by atoms with van der Waals surface area (Å²) in [5.41, 5.74) is 2.94. The number of nitrogens with zero attached hydrogens (tertiary/aromatic N) is 2. The van der Waals surface area contributed by atoms with Gasteiger partial charge in [-0.2, -0.15) is 0 Å². The molecular formula is C27H35N3O4. The highest BCUT2D eigenvalue weighted by Gasteiger charge is 2.21. The molecule has 3 rings (SSSR count). The Labute approximate surface area is 202 Å². The normalized spacial score (nSPS) is 16.0. The van der Waals surface area contributed by atoms with Crippen LogP contribution in [0.25, 0.3) is 0 Å². The molecule has 2 amide bonds. The lowest BCUT2D eigenvalue weighted by molar-refractivity contribution is -0.131. The highest BCUT2D eigenvalue weighted by Crippen LogP contribution is 2.28. The average Bonchev–Trinajstić information content (AvgIpc) is 2.85. The van der Waals surface area contributed by atoms with Crippen molar-refractivity contribution in [3.63, 3.8) is 0 Å². The molecule has 7 heteroatoms. The number of carbonyl (C=O) groups excluding carboxylic acids is 2. The molecule has 2 atom stereocenters. The Kier molecular flexibility index (Phi) is 9.82. The van der Waals surface area contributed by atoms with Crippen molar-refractivity contribution < 1.29 is 19.4 Å².